The van der Waals surface area contributed by atoms with Crippen LogP contribution in [-0.4, -0.2) is 53.5 Å². The van der Waals surface area contributed by atoms with E-state index in [9.17, 15) is 15.0 Å². The number of aliphatic hydroxyl groups excluding tert-OH is 2. The minimum Gasteiger partial charge on any atom is -0.454 e. The van der Waals surface area contributed by atoms with E-state index >= 15 is 0 Å². The Morgan fingerprint density at radius 2 is 1.48 bits per heavy atom. The van der Waals surface area contributed by atoms with Crippen molar-refractivity contribution in [3.63, 3.8) is 0 Å². The second-order valence-corrected chi connectivity index (χ2v) is 6.85. The Balaban J connectivity index is 1.76. The number of carbonyl (C=O) groups is 1. The van der Waals surface area contributed by atoms with Crippen LogP contribution in [0, 0.1) is 0 Å². The van der Waals surface area contributed by atoms with Crippen LogP contribution in [0.1, 0.15) is 18.1 Å². The van der Waals surface area contributed by atoms with Crippen LogP contribution in [0.5, 0.6) is 0 Å². The molecule has 2 aromatic rings. The van der Waals surface area contributed by atoms with E-state index in [2.05, 4.69) is 0 Å². The van der Waals surface area contributed by atoms with Crippen molar-refractivity contribution in [1.29, 1.82) is 0 Å². The maximum absolute atomic E-state index is 11.7. The molecule has 5 atom stereocenters. The highest BCUT2D eigenvalue weighted by molar-refractivity contribution is 5.66. The number of rotatable bonds is 8. The van der Waals surface area contributed by atoms with Gasteiger partial charge in [-0.15, -0.1) is 0 Å². The number of esters is 1. The maximum atomic E-state index is 11.7. The van der Waals surface area contributed by atoms with E-state index in [1.807, 2.05) is 60.7 Å². The summed E-state index contributed by atoms with van der Waals surface area (Å²) in [4.78, 5) is 11.7. The van der Waals surface area contributed by atoms with Gasteiger partial charge in [0.05, 0.1) is 19.8 Å². The van der Waals surface area contributed by atoms with Crippen LogP contribution in [0.3, 0.4) is 0 Å². The van der Waals surface area contributed by atoms with Crippen molar-refractivity contribution in [2.24, 2.45) is 0 Å². The zero-order valence-corrected chi connectivity index (χ0v) is 16.2. The number of hydrogen-bond donors (Lipinski definition) is 2. The van der Waals surface area contributed by atoms with E-state index in [-0.39, 0.29) is 13.2 Å². The van der Waals surface area contributed by atoms with Crippen LogP contribution in [-0.2, 0) is 37.0 Å². The predicted octanol–water partition coefficient (Wildman–Crippen LogP) is 1.80. The van der Waals surface area contributed by atoms with Gasteiger partial charge >= 0.3 is 5.97 Å². The summed E-state index contributed by atoms with van der Waals surface area (Å²) in [6.45, 7) is 1.25. The van der Waals surface area contributed by atoms with Gasteiger partial charge in [-0.3, -0.25) is 4.79 Å². The standard InChI is InChI=1S/C22H26O7/c1-15(24)28-21-20(26-13-16-8-4-2-5-9-16)19(25)18(12-23)29-22(21)27-14-17-10-6-3-7-11-17/h2-11,18-23,25H,12-14H2,1H3/t18-,19-,20+,21-,22?/m1/s1. The van der Waals surface area contributed by atoms with E-state index in [1.54, 1.807) is 0 Å². The molecule has 1 heterocycles. The molecule has 0 aliphatic carbocycles. The molecule has 7 nitrogen and oxygen atoms in total. The summed E-state index contributed by atoms with van der Waals surface area (Å²) in [6, 6.07) is 18.9. The maximum Gasteiger partial charge on any atom is 0.303 e. The normalized spacial score (nSPS) is 26.8. The molecule has 7 heteroatoms. The summed E-state index contributed by atoms with van der Waals surface area (Å²) in [7, 11) is 0. The van der Waals surface area contributed by atoms with Gasteiger partial charge in [0.2, 0.25) is 0 Å². The molecule has 1 aliphatic rings. The van der Waals surface area contributed by atoms with Crippen LogP contribution in [0.2, 0.25) is 0 Å². The molecule has 156 valence electrons. The topological polar surface area (TPSA) is 94.5 Å². The predicted molar refractivity (Wildman–Crippen MR) is 104 cm³/mol. The quantitative estimate of drug-likeness (QED) is 0.650. The summed E-state index contributed by atoms with van der Waals surface area (Å²) in [5.74, 6) is -0.546. The molecule has 29 heavy (non-hydrogen) atoms. The first kappa shape index (κ1) is 21.4. The molecule has 0 amide bonds. The highest BCUT2D eigenvalue weighted by Crippen LogP contribution is 2.28. The molecule has 1 saturated heterocycles. The Hall–Kier alpha value is -2.29. The van der Waals surface area contributed by atoms with Crippen molar-refractivity contribution in [2.75, 3.05) is 6.61 Å². The Kier molecular flexibility index (Phi) is 7.74. The Morgan fingerprint density at radius 1 is 0.931 bits per heavy atom. The second kappa shape index (κ2) is 10.5. The monoisotopic (exact) mass is 402 g/mol. The van der Waals surface area contributed by atoms with Crippen LogP contribution in [0.25, 0.3) is 0 Å². The van der Waals surface area contributed by atoms with Gasteiger partial charge in [0.15, 0.2) is 12.4 Å². The molecule has 0 radical (unpaired) electrons. The largest absolute Gasteiger partial charge is 0.454 e. The summed E-state index contributed by atoms with van der Waals surface area (Å²) < 4.78 is 22.8. The van der Waals surface area contributed by atoms with Crippen molar-refractivity contribution < 1.29 is 34.0 Å². The fourth-order valence-corrected chi connectivity index (χ4v) is 3.20. The van der Waals surface area contributed by atoms with Crippen molar-refractivity contribution in [3.8, 4) is 0 Å². The van der Waals surface area contributed by atoms with Crippen molar-refractivity contribution >= 4 is 5.97 Å². The van der Waals surface area contributed by atoms with Gasteiger partial charge in [-0.1, -0.05) is 60.7 Å². The van der Waals surface area contributed by atoms with Crippen molar-refractivity contribution in [1.82, 2.24) is 0 Å². The van der Waals surface area contributed by atoms with Crippen molar-refractivity contribution in [2.45, 2.75) is 50.8 Å². The van der Waals surface area contributed by atoms with E-state index in [0.717, 1.165) is 11.1 Å². The lowest BCUT2D eigenvalue weighted by atomic mass is 9.98. The Morgan fingerprint density at radius 3 is 2.00 bits per heavy atom. The lowest BCUT2D eigenvalue weighted by molar-refractivity contribution is -0.314. The number of carbonyl (C=O) groups excluding carboxylic acids is 1. The number of benzene rings is 2. The number of hydrogen-bond acceptors (Lipinski definition) is 7. The molecule has 3 rings (SSSR count). The van der Waals surface area contributed by atoms with Crippen LogP contribution in [0.4, 0.5) is 0 Å². The zero-order chi connectivity index (χ0) is 20.6. The Bertz CT molecular complexity index is 752. The van der Waals surface area contributed by atoms with Gasteiger partial charge in [-0.25, -0.2) is 0 Å². The first-order chi connectivity index (χ1) is 14.1. The van der Waals surface area contributed by atoms with E-state index in [4.69, 9.17) is 18.9 Å². The zero-order valence-electron chi connectivity index (χ0n) is 16.2. The van der Waals surface area contributed by atoms with Crippen LogP contribution < -0.4 is 0 Å². The van der Waals surface area contributed by atoms with Gasteiger partial charge < -0.3 is 29.2 Å². The molecule has 1 aliphatic heterocycles. The first-order valence-corrected chi connectivity index (χ1v) is 9.51. The SMILES string of the molecule is CC(=O)O[C@H]1C(OCc2ccccc2)O[C@H](CO)[C@@H](O)[C@@H]1OCc1ccccc1. The third-order valence-electron chi connectivity index (χ3n) is 4.64. The van der Waals surface area contributed by atoms with Gasteiger partial charge in [0, 0.05) is 6.92 Å². The minimum absolute atomic E-state index is 0.198. The minimum atomic E-state index is -1.19. The van der Waals surface area contributed by atoms with Crippen LogP contribution in [0.15, 0.2) is 60.7 Å². The smallest absolute Gasteiger partial charge is 0.303 e. The average Bonchev–Trinajstić information content (AvgIpc) is 2.74. The lowest BCUT2D eigenvalue weighted by Crippen LogP contribution is -2.61. The molecule has 0 bridgehead atoms. The fourth-order valence-electron chi connectivity index (χ4n) is 3.20. The van der Waals surface area contributed by atoms with Gasteiger partial charge in [-0.05, 0) is 11.1 Å². The highest BCUT2D eigenvalue weighted by Gasteiger charge is 2.48. The molecule has 2 aromatic carbocycles. The summed E-state index contributed by atoms with van der Waals surface area (Å²) >= 11 is 0. The molecular formula is C22H26O7. The van der Waals surface area contributed by atoms with Crippen molar-refractivity contribution in [3.05, 3.63) is 71.8 Å². The third kappa shape index (κ3) is 5.85. The summed E-state index contributed by atoms with van der Waals surface area (Å²) in [6.07, 6.45) is -5.03. The fraction of sp³-hybridized carbons (Fsp3) is 0.409. The number of ether oxygens (including phenoxy) is 4. The second-order valence-electron chi connectivity index (χ2n) is 6.85. The van der Waals surface area contributed by atoms with E-state index < -0.39 is 43.3 Å². The lowest BCUT2D eigenvalue weighted by Gasteiger charge is -2.43. The third-order valence-corrected chi connectivity index (χ3v) is 4.64. The molecule has 0 spiro atoms. The van der Waals surface area contributed by atoms with Gasteiger partial charge in [0.1, 0.15) is 18.3 Å². The van der Waals surface area contributed by atoms with E-state index in [1.165, 1.54) is 6.92 Å². The average molecular weight is 402 g/mol. The molecular weight excluding hydrogens is 376 g/mol. The molecule has 0 aromatic heterocycles. The van der Waals surface area contributed by atoms with Gasteiger partial charge in [0.25, 0.3) is 0 Å². The highest BCUT2D eigenvalue weighted by atomic mass is 16.7. The van der Waals surface area contributed by atoms with Gasteiger partial charge in [-0.2, -0.15) is 0 Å². The number of aliphatic hydroxyl groups is 2. The molecule has 2 N–H and O–H groups in total. The van der Waals surface area contributed by atoms with E-state index in [0.29, 0.717) is 0 Å². The Labute approximate surface area is 169 Å². The molecule has 1 unspecified atom stereocenters. The summed E-state index contributed by atoms with van der Waals surface area (Å²) in [5.41, 5.74) is 1.81. The first-order valence-electron chi connectivity index (χ1n) is 9.51. The van der Waals surface area contributed by atoms with Crippen LogP contribution >= 0.6 is 0 Å². The summed E-state index contributed by atoms with van der Waals surface area (Å²) in [5, 5.41) is 20.3. The molecule has 0 saturated carbocycles. The molecule has 1 fully saturated rings.